The molecule has 0 spiro atoms. The first kappa shape index (κ1) is 11.4. The van der Waals surface area contributed by atoms with Crippen molar-refractivity contribution in [3.05, 3.63) is 46.9 Å². The molecule has 3 nitrogen and oxygen atoms in total. The minimum Gasteiger partial charge on any atom is -0.456 e. The van der Waals surface area contributed by atoms with Gasteiger partial charge in [0.2, 0.25) is 0 Å². The Morgan fingerprint density at radius 1 is 1.17 bits per heavy atom. The summed E-state index contributed by atoms with van der Waals surface area (Å²) < 4.78 is 5.72. The molecule has 0 N–H and O–H groups in total. The zero-order chi connectivity index (χ0) is 12.7. The molecule has 0 aliphatic carbocycles. The molecule has 0 aliphatic rings. The summed E-state index contributed by atoms with van der Waals surface area (Å²) in [5.41, 5.74) is 2.82. The molecule has 0 amide bonds. The number of furan rings is 1. The van der Waals surface area contributed by atoms with E-state index in [2.05, 4.69) is 21.1 Å². The van der Waals surface area contributed by atoms with Crippen molar-refractivity contribution in [2.45, 2.75) is 11.8 Å². The first-order valence-corrected chi connectivity index (χ1v) is 6.55. The van der Waals surface area contributed by atoms with E-state index >= 15 is 0 Å². The first-order valence-electron chi connectivity index (χ1n) is 5.63. The van der Waals surface area contributed by atoms with E-state index in [1.807, 2.05) is 37.3 Å². The number of fused-ring (bicyclic) bond motifs is 3. The van der Waals surface area contributed by atoms with E-state index < -0.39 is 0 Å². The smallest absolute Gasteiger partial charge is 0.137 e. The standard InChI is InChI=1S/C14H10BrNO2/c1-8(15)10-6-11-9-4-2-3-5-13(9)18-14(11)7-12(10)16-17/h2-8H,1H3. The van der Waals surface area contributed by atoms with Crippen LogP contribution in [-0.4, -0.2) is 0 Å². The van der Waals surface area contributed by atoms with Crippen LogP contribution in [0.3, 0.4) is 0 Å². The molecule has 3 aromatic rings. The highest BCUT2D eigenvalue weighted by molar-refractivity contribution is 9.09. The highest BCUT2D eigenvalue weighted by atomic mass is 79.9. The number of alkyl halides is 1. The predicted molar refractivity (Wildman–Crippen MR) is 76.5 cm³/mol. The maximum atomic E-state index is 10.9. The molecule has 90 valence electrons. The number of nitrogens with zero attached hydrogens (tertiary/aromatic N) is 1. The Morgan fingerprint density at radius 2 is 1.94 bits per heavy atom. The number of hydrogen-bond acceptors (Lipinski definition) is 3. The van der Waals surface area contributed by atoms with Gasteiger partial charge in [-0.25, -0.2) is 0 Å². The minimum atomic E-state index is 0.0725. The molecule has 1 unspecified atom stereocenters. The number of hydrogen-bond donors (Lipinski definition) is 0. The molecule has 3 rings (SSSR count). The molecule has 18 heavy (non-hydrogen) atoms. The quantitative estimate of drug-likeness (QED) is 0.467. The lowest BCUT2D eigenvalue weighted by Crippen LogP contribution is -1.84. The normalized spacial score (nSPS) is 13.0. The van der Waals surface area contributed by atoms with Crippen LogP contribution >= 0.6 is 15.9 Å². The zero-order valence-corrected chi connectivity index (χ0v) is 11.3. The van der Waals surface area contributed by atoms with Gasteiger partial charge in [0.05, 0.1) is 0 Å². The molecule has 1 heterocycles. The highest BCUT2D eigenvalue weighted by Crippen LogP contribution is 2.38. The summed E-state index contributed by atoms with van der Waals surface area (Å²) in [6.07, 6.45) is 0. The number of nitroso groups, excluding NO2 is 1. The maximum Gasteiger partial charge on any atom is 0.137 e. The van der Waals surface area contributed by atoms with E-state index in [0.717, 1.165) is 21.9 Å². The van der Waals surface area contributed by atoms with Gasteiger partial charge >= 0.3 is 0 Å². The second kappa shape index (κ2) is 4.21. The Morgan fingerprint density at radius 3 is 2.67 bits per heavy atom. The van der Waals surface area contributed by atoms with Crippen LogP contribution in [0.5, 0.6) is 0 Å². The molecule has 0 saturated carbocycles. The van der Waals surface area contributed by atoms with Gasteiger partial charge in [-0.3, -0.25) is 0 Å². The maximum absolute atomic E-state index is 10.9. The Labute approximate surface area is 112 Å². The fourth-order valence-electron chi connectivity index (χ4n) is 2.18. The van der Waals surface area contributed by atoms with Crippen LogP contribution in [0.1, 0.15) is 17.3 Å². The summed E-state index contributed by atoms with van der Waals surface area (Å²) in [6, 6.07) is 11.5. The molecule has 2 aromatic carbocycles. The Kier molecular flexibility index (Phi) is 2.67. The summed E-state index contributed by atoms with van der Waals surface area (Å²) in [4.78, 5) is 11.0. The van der Waals surface area contributed by atoms with Crippen molar-refractivity contribution in [1.82, 2.24) is 0 Å². The molecule has 4 heteroatoms. The highest BCUT2D eigenvalue weighted by Gasteiger charge is 2.14. The van der Waals surface area contributed by atoms with Gasteiger partial charge in [0.1, 0.15) is 16.9 Å². The van der Waals surface area contributed by atoms with Crippen molar-refractivity contribution in [2.75, 3.05) is 0 Å². The molecule has 0 aliphatic heterocycles. The van der Waals surface area contributed by atoms with E-state index in [1.54, 1.807) is 6.07 Å². The van der Waals surface area contributed by atoms with Gasteiger partial charge in [-0.05, 0) is 29.8 Å². The lowest BCUT2D eigenvalue weighted by Gasteiger charge is -2.05. The van der Waals surface area contributed by atoms with Crippen LogP contribution in [0, 0.1) is 4.91 Å². The van der Waals surface area contributed by atoms with E-state index in [-0.39, 0.29) is 4.83 Å². The Hall–Kier alpha value is -1.68. The molecule has 0 saturated heterocycles. The molecule has 0 radical (unpaired) electrons. The second-order valence-electron chi connectivity index (χ2n) is 4.21. The van der Waals surface area contributed by atoms with Gasteiger partial charge in [0, 0.05) is 21.7 Å². The number of halogens is 1. The van der Waals surface area contributed by atoms with Gasteiger partial charge in [-0.1, -0.05) is 34.1 Å². The third-order valence-electron chi connectivity index (χ3n) is 3.05. The van der Waals surface area contributed by atoms with Crippen molar-refractivity contribution >= 4 is 43.6 Å². The summed E-state index contributed by atoms with van der Waals surface area (Å²) in [5.74, 6) is 0. The van der Waals surface area contributed by atoms with Crippen LogP contribution in [0.2, 0.25) is 0 Å². The summed E-state index contributed by atoms with van der Waals surface area (Å²) in [6.45, 7) is 1.97. The first-order chi connectivity index (χ1) is 8.70. The van der Waals surface area contributed by atoms with E-state index in [9.17, 15) is 4.91 Å². The van der Waals surface area contributed by atoms with Gasteiger partial charge in [0.15, 0.2) is 0 Å². The van der Waals surface area contributed by atoms with Crippen LogP contribution in [0.15, 0.2) is 46.0 Å². The molecule has 0 fully saturated rings. The van der Waals surface area contributed by atoms with Gasteiger partial charge in [0.25, 0.3) is 0 Å². The number of rotatable bonds is 2. The Balaban J connectivity index is 2.44. The average Bonchev–Trinajstić information content (AvgIpc) is 2.74. The summed E-state index contributed by atoms with van der Waals surface area (Å²) in [7, 11) is 0. The predicted octanol–water partition coefficient (Wildman–Crippen LogP) is 5.44. The van der Waals surface area contributed by atoms with E-state index in [4.69, 9.17) is 4.42 Å². The van der Waals surface area contributed by atoms with Gasteiger partial charge in [-0.15, -0.1) is 4.91 Å². The van der Waals surface area contributed by atoms with Gasteiger partial charge < -0.3 is 4.42 Å². The Bertz CT molecular complexity index is 746. The van der Waals surface area contributed by atoms with Crippen molar-refractivity contribution < 1.29 is 4.42 Å². The van der Waals surface area contributed by atoms with Crippen LogP contribution in [-0.2, 0) is 0 Å². The van der Waals surface area contributed by atoms with Crippen molar-refractivity contribution in [3.63, 3.8) is 0 Å². The third-order valence-corrected chi connectivity index (χ3v) is 3.55. The van der Waals surface area contributed by atoms with Crippen molar-refractivity contribution in [3.8, 4) is 0 Å². The third kappa shape index (κ3) is 1.64. The fourth-order valence-corrected chi connectivity index (χ4v) is 2.54. The molecular formula is C14H10BrNO2. The van der Waals surface area contributed by atoms with Crippen molar-refractivity contribution in [2.24, 2.45) is 5.18 Å². The average molecular weight is 304 g/mol. The SMILES string of the molecule is CC(Br)c1cc2c(cc1N=O)oc1ccccc12. The van der Waals surface area contributed by atoms with E-state index in [1.165, 1.54) is 0 Å². The van der Waals surface area contributed by atoms with Crippen LogP contribution in [0.4, 0.5) is 5.69 Å². The second-order valence-corrected chi connectivity index (χ2v) is 5.59. The molecule has 0 bridgehead atoms. The lowest BCUT2D eigenvalue weighted by molar-refractivity contribution is 0.669. The van der Waals surface area contributed by atoms with Crippen LogP contribution in [0.25, 0.3) is 21.9 Å². The minimum absolute atomic E-state index is 0.0725. The number of benzene rings is 2. The van der Waals surface area contributed by atoms with Crippen molar-refractivity contribution in [1.29, 1.82) is 0 Å². The molecular weight excluding hydrogens is 294 g/mol. The fraction of sp³-hybridized carbons (Fsp3) is 0.143. The van der Waals surface area contributed by atoms with E-state index in [0.29, 0.717) is 11.3 Å². The zero-order valence-electron chi connectivity index (χ0n) is 9.68. The molecule has 1 atom stereocenters. The van der Waals surface area contributed by atoms with Crippen LogP contribution < -0.4 is 0 Å². The lowest BCUT2D eigenvalue weighted by atomic mass is 10.1. The molecule has 1 aromatic heterocycles. The topological polar surface area (TPSA) is 42.6 Å². The largest absolute Gasteiger partial charge is 0.456 e. The number of para-hydroxylation sites is 1. The van der Waals surface area contributed by atoms with Gasteiger partial charge in [-0.2, -0.15) is 0 Å². The summed E-state index contributed by atoms with van der Waals surface area (Å²) in [5, 5.41) is 5.14. The summed E-state index contributed by atoms with van der Waals surface area (Å²) >= 11 is 3.48. The monoisotopic (exact) mass is 303 g/mol.